The molecule has 0 spiro atoms. The Bertz CT molecular complexity index is 2220. The fourth-order valence-electron chi connectivity index (χ4n) is 6.57. The summed E-state index contributed by atoms with van der Waals surface area (Å²) < 4.78 is 63.1. The van der Waals surface area contributed by atoms with Gasteiger partial charge in [-0.15, -0.1) is 0 Å². The molecular weight excluding hydrogens is 647 g/mol. The van der Waals surface area contributed by atoms with E-state index in [0.717, 1.165) is 72.5 Å². The van der Waals surface area contributed by atoms with E-state index in [4.69, 9.17) is 9.65 Å². The van der Waals surface area contributed by atoms with Crippen LogP contribution >= 0.6 is 0 Å². The third kappa shape index (κ3) is 7.57. The summed E-state index contributed by atoms with van der Waals surface area (Å²) in [6, 6.07) is 25.8. The van der Waals surface area contributed by atoms with Gasteiger partial charge in [0, 0.05) is 28.1 Å². The van der Waals surface area contributed by atoms with Crippen LogP contribution in [0.2, 0.25) is 0 Å². The van der Waals surface area contributed by atoms with Gasteiger partial charge < -0.3 is 9.13 Å². The summed E-state index contributed by atoms with van der Waals surface area (Å²) in [5.74, 6) is 0. The van der Waals surface area contributed by atoms with Gasteiger partial charge in [0.25, 0.3) is 0 Å². The highest BCUT2D eigenvalue weighted by Gasteiger charge is 2.36. The lowest BCUT2D eigenvalue weighted by molar-refractivity contribution is -0.156. The number of nitrogens with zero attached hydrogens (tertiary/aromatic N) is 2. The first-order chi connectivity index (χ1) is 24.1. The number of alkyl halides is 3. The zero-order valence-corrected chi connectivity index (χ0v) is 30.3. The Hall–Kier alpha value is -4.95. The number of hydrogen-bond donors (Lipinski definition) is 0. The lowest BCUT2D eigenvalue weighted by atomic mass is 9.92. The topological polar surface area (TPSA) is 26.5 Å². The molecule has 0 saturated carbocycles. The van der Waals surface area contributed by atoms with Crippen LogP contribution in [-0.4, -0.2) is 30.3 Å². The molecular formula is C43H41BF4N2O. The van der Waals surface area contributed by atoms with E-state index in [1.54, 1.807) is 6.08 Å². The molecule has 4 aromatic carbocycles. The molecule has 0 unspecified atom stereocenters. The number of allylic oxidation sites excluding steroid dienone is 2. The highest BCUT2D eigenvalue weighted by atomic mass is 19.4. The van der Waals surface area contributed by atoms with E-state index >= 15 is 4.32 Å². The van der Waals surface area contributed by atoms with Gasteiger partial charge in [0.1, 0.15) is 6.61 Å². The quantitative estimate of drug-likeness (QED) is 0.118. The Morgan fingerprint density at radius 2 is 1.16 bits per heavy atom. The number of aryl methyl sites for hydroxylation is 8. The normalized spacial score (nSPS) is 13.9. The highest BCUT2D eigenvalue weighted by molar-refractivity contribution is 6.43. The molecule has 0 amide bonds. The molecule has 5 aromatic rings. The van der Waals surface area contributed by atoms with Gasteiger partial charge in [-0.3, -0.25) is 4.32 Å². The second kappa shape index (κ2) is 14.0. The van der Waals surface area contributed by atoms with Crippen LogP contribution < -0.4 is 0 Å². The van der Waals surface area contributed by atoms with Gasteiger partial charge in [0.05, 0.1) is 11.4 Å². The largest absolute Gasteiger partial charge is 0.638 e. The molecule has 0 atom stereocenters. The van der Waals surface area contributed by atoms with Gasteiger partial charge in [-0.1, -0.05) is 83.9 Å². The first-order valence-electron chi connectivity index (χ1n) is 17.0. The van der Waals surface area contributed by atoms with Crippen LogP contribution in [0.25, 0.3) is 34.0 Å². The Morgan fingerprint density at radius 1 is 0.647 bits per heavy atom. The summed E-state index contributed by atoms with van der Waals surface area (Å²) in [5.41, 5.74) is 15.4. The maximum absolute atomic E-state index is 16.5. The Morgan fingerprint density at radius 3 is 1.73 bits per heavy atom. The van der Waals surface area contributed by atoms with Gasteiger partial charge >= 0.3 is 13.5 Å². The van der Waals surface area contributed by atoms with Crippen molar-refractivity contribution in [1.82, 2.24) is 4.48 Å². The molecule has 0 saturated heterocycles. The smallest absolute Gasteiger partial charge is 0.379 e. The first-order valence-corrected chi connectivity index (χ1v) is 17.0. The van der Waals surface area contributed by atoms with E-state index in [2.05, 4.69) is 45.0 Å². The fraction of sp³-hybridized carbons (Fsp3) is 0.233. The van der Waals surface area contributed by atoms with Gasteiger partial charge in [0.15, 0.2) is 0 Å². The predicted molar refractivity (Wildman–Crippen MR) is 203 cm³/mol. The number of aliphatic imine (C=N–C) groups is 1. The van der Waals surface area contributed by atoms with Crippen molar-refractivity contribution < 1.29 is 22.1 Å². The number of benzene rings is 4. The molecule has 6 rings (SSSR count). The Balaban J connectivity index is 1.68. The molecule has 0 radical (unpaired) electrons. The molecule has 1 aromatic heterocycles. The highest BCUT2D eigenvalue weighted by Crippen LogP contribution is 2.41. The predicted octanol–water partition coefficient (Wildman–Crippen LogP) is 11.6. The van der Waals surface area contributed by atoms with Crippen LogP contribution in [0, 0.1) is 55.4 Å². The number of rotatable bonds is 8. The van der Waals surface area contributed by atoms with Crippen molar-refractivity contribution in [2.45, 2.75) is 61.6 Å². The van der Waals surface area contributed by atoms with Crippen molar-refractivity contribution >= 4 is 24.7 Å². The number of halogens is 4. The molecule has 1 aliphatic heterocycles. The van der Waals surface area contributed by atoms with Crippen molar-refractivity contribution in [2.24, 2.45) is 4.99 Å². The van der Waals surface area contributed by atoms with Crippen molar-refractivity contribution in [1.29, 1.82) is 0 Å². The Labute approximate surface area is 298 Å². The molecule has 0 aliphatic carbocycles. The maximum atomic E-state index is 16.5. The van der Waals surface area contributed by atoms with Gasteiger partial charge in [-0.25, -0.2) is 4.99 Å². The second-order valence-electron chi connectivity index (χ2n) is 13.7. The van der Waals surface area contributed by atoms with Gasteiger partial charge in [0.2, 0.25) is 0 Å². The summed E-state index contributed by atoms with van der Waals surface area (Å²) in [6.45, 7) is 14.4. The number of aromatic nitrogens is 1. The third-order valence-electron chi connectivity index (χ3n) is 9.69. The molecule has 0 N–H and O–H groups in total. The number of hydrogen-bond acceptors (Lipinski definition) is 2. The average Bonchev–Trinajstić information content (AvgIpc) is 3.66. The van der Waals surface area contributed by atoms with Crippen molar-refractivity contribution in [2.75, 3.05) is 6.61 Å². The molecule has 3 nitrogen and oxygen atoms in total. The molecule has 1 aliphatic rings. The SMILES string of the molecule is Cc1ccc(C2=N/C(=C\c3c(-c4cc(C)c(C)cc4C)cc(-c4ccc(C)cc4)n3B(F)OCC(F)(F)F)C(c3cc(C)c(C)cc3C)=C2)cc1. The first kappa shape index (κ1) is 35.9. The lowest BCUT2D eigenvalue weighted by Gasteiger charge is -2.17. The van der Waals surface area contributed by atoms with Crippen molar-refractivity contribution in [3.05, 3.63) is 152 Å². The zero-order valence-electron chi connectivity index (χ0n) is 30.3. The zero-order chi connectivity index (χ0) is 36.8. The molecule has 8 heteroatoms. The molecule has 51 heavy (non-hydrogen) atoms. The van der Waals surface area contributed by atoms with E-state index in [-0.39, 0.29) is 0 Å². The monoisotopic (exact) mass is 688 g/mol. The molecule has 260 valence electrons. The summed E-state index contributed by atoms with van der Waals surface area (Å²) in [6.07, 6.45) is -0.883. The minimum absolute atomic E-state index is 0.350. The van der Waals surface area contributed by atoms with Crippen LogP contribution in [0.4, 0.5) is 17.5 Å². The second-order valence-corrected chi connectivity index (χ2v) is 13.7. The molecule has 2 heterocycles. The van der Waals surface area contributed by atoms with Crippen LogP contribution in [0.5, 0.6) is 0 Å². The van der Waals surface area contributed by atoms with Crippen molar-refractivity contribution in [3.63, 3.8) is 0 Å². The van der Waals surface area contributed by atoms with E-state index in [1.807, 2.05) is 95.3 Å². The van der Waals surface area contributed by atoms with Crippen molar-refractivity contribution in [3.8, 4) is 22.4 Å². The summed E-state index contributed by atoms with van der Waals surface area (Å²) in [5, 5.41) is 0. The van der Waals surface area contributed by atoms with E-state index in [1.165, 1.54) is 4.48 Å². The van der Waals surface area contributed by atoms with E-state index < -0.39 is 20.1 Å². The summed E-state index contributed by atoms with van der Waals surface area (Å²) in [7, 11) is -2.45. The van der Waals surface area contributed by atoms with E-state index in [9.17, 15) is 13.2 Å². The van der Waals surface area contributed by atoms with Crippen LogP contribution in [0.3, 0.4) is 0 Å². The van der Waals surface area contributed by atoms with Crippen LogP contribution in [0.15, 0.2) is 95.6 Å². The van der Waals surface area contributed by atoms with Gasteiger partial charge in [-0.05, 0) is 124 Å². The average molecular weight is 689 g/mol. The van der Waals surface area contributed by atoms with Crippen LogP contribution in [0.1, 0.15) is 61.3 Å². The maximum Gasteiger partial charge on any atom is 0.638 e. The van der Waals surface area contributed by atoms with E-state index in [0.29, 0.717) is 28.2 Å². The van der Waals surface area contributed by atoms with Crippen LogP contribution in [-0.2, 0) is 4.65 Å². The third-order valence-corrected chi connectivity index (χ3v) is 9.69. The molecule has 0 fully saturated rings. The Kier molecular flexibility index (Phi) is 9.84. The minimum atomic E-state index is -4.72. The standard InChI is InChI=1S/C43H41BF4N2O/c1-25-9-13-33(14-10-25)39-21-37(35-19-29(5)27(3)17-31(35)7)40(49-39)23-42-38(36-20-30(6)28(4)18-32(36)8)22-41(34-15-11-26(2)12-16-34)50(42)44(48)51-24-43(45,46)47/h9-23H,24H2,1-8H3/b40-23-. The fourth-order valence-corrected chi connectivity index (χ4v) is 6.57. The summed E-state index contributed by atoms with van der Waals surface area (Å²) >= 11 is 0. The summed E-state index contributed by atoms with van der Waals surface area (Å²) in [4.78, 5) is 5.13. The minimum Gasteiger partial charge on any atom is -0.379 e. The lowest BCUT2D eigenvalue weighted by Crippen LogP contribution is -2.30. The molecule has 0 bridgehead atoms. The van der Waals surface area contributed by atoms with Gasteiger partial charge in [-0.2, -0.15) is 13.2 Å².